The van der Waals surface area contributed by atoms with Crippen LogP contribution in [0, 0.1) is 0 Å². The molecule has 3 nitrogen and oxygen atoms in total. The molecule has 0 saturated carbocycles. The first kappa shape index (κ1) is 14.5. The summed E-state index contributed by atoms with van der Waals surface area (Å²) in [6.45, 7) is 1.49. The van der Waals surface area contributed by atoms with Gasteiger partial charge in [-0.25, -0.2) is 0 Å². The number of benzene rings is 3. The van der Waals surface area contributed by atoms with Crippen LogP contribution in [0.25, 0.3) is 0 Å². The summed E-state index contributed by atoms with van der Waals surface area (Å²) in [5.41, 5.74) is 3.60. The van der Waals surface area contributed by atoms with Crippen LogP contribution in [0.3, 0.4) is 0 Å². The first-order valence-electron chi connectivity index (χ1n) is 8.04. The fourth-order valence-electron chi connectivity index (χ4n) is 2.89. The molecule has 1 heterocycles. The molecule has 0 fully saturated rings. The number of fused-ring (bicyclic) bond motifs is 1. The first-order valence-corrected chi connectivity index (χ1v) is 8.04. The van der Waals surface area contributed by atoms with Gasteiger partial charge >= 0.3 is 0 Å². The van der Waals surface area contributed by atoms with Crippen molar-refractivity contribution < 1.29 is 4.74 Å². The maximum Gasteiger partial charge on any atom is 0.127 e. The van der Waals surface area contributed by atoms with Gasteiger partial charge in [0.15, 0.2) is 0 Å². The molecule has 0 bridgehead atoms. The SMILES string of the molecule is C1=NCN(Cc2cccc(Oc3ccccc3)c2)c2ccccc21. The van der Waals surface area contributed by atoms with E-state index < -0.39 is 0 Å². The topological polar surface area (TPSA) is 24.8 Å². The van der Waals surface area contributed by atoms with Gasteiger partial charge in [-0.1, -0.05) is 48.5 Å². The van der Waals surface area contributed by atoms with Crippen molar-refractivity contribution in [1.82, 2.24) is 0 Å². The van der Waals surface area contributed by atoms with Crippen LogP contribution in [0.1, 0.15) is 11.1 Å². The van der Waals surface area contributed by atoms with Crippen LogP contribution >= 0.6 is 0 Å². The van der Waals surface area contributed by atoms with Gasteiger partial charge in [0.25, 0.3) is 0 Å². The van der Waals surface area contributed by atoms with Crippen molar-refractivity contribution in [2.24, 2.45) is 4.99 Å². The molecule has 0 amide bonds. The van der Waals surface area contributed by atoms with Gasteiger partial charge in [-0.3, -0.25) is 4.99 Å². The zero-order valence-electron chi connectivity index (χ0n) is 13.3. The zero-order chi connectivity index (χ0) is 16.2. The van der Waals surface area contributed by atoms with E-state index in [9.17, 15) is 0 Å². The number of hydrogen-bond acceptors (Lipinski definition) is 3. The average molecular weight is 314 g/mol. The van der Waals surface area contributed by atoms with Gasteiger partial charge in [0, 0.05) is 24.0 Å². The summed E-state index contributed by atoms with van der Waals surface area (Å²) in [5.74, 6) is 1.70. The second-order valence-corrected chi connectivity index (χ2v) is 5.77. The number of ether oxygens (including phenoxy) is 1. The van der Waals surface area contributed by atoms with Crippen molar-refractivity contribution in [3.05, 3.63) is 90.0 Å². The van der Waals surface area contributed by atoms with Gasteiger partial charge < -0.3 is 9.64 Å². The molecule has 0 aliphatic carbocycles. The van der Waals surface area contributed by atoms with Crippen LogP contribution in [-0.4, -0.2) is 12.9 Å². The van der Waals surface area contributed by atoms with Gasteiger partial charge in [0.2, 0.25) is 0 Å². The normalized spacial score (nSPS) is 12.8. The highest BCUT2D eigenvalue weighted by Gasteiger charge is 2.13. The van der Waals surface area contributed by atoms with Crippen molar-refractivity contribution in [2.75, 3.05) is 11.6 Å². The molecule has 0 aromatic heterocycles. The maximum absolute atomic E-state index is 5.93. The van der Waals surface area contributed by atoms with Crippen molar-refractivity contribution in [2.45, 2.75) is 6.54 Å². The largest absolute Gasteiger partial charge is 0.457 e. The monoisotopic (exact) mass is 314 g/mol. The van der Waals surface area contributed by atoms with Gasteiger partial charge in [-0.15, -0.1) is 0 Å². The molecular formula is C21H18N2O. The lowest BCUT2D eigenvalue weighted by atomic mass is 10.1. The van der Waals surface area contributed by atoms with Crippen molar-refractivity contribution >= 4 is 11.9 Å². The molecule has 0 spiro atoms. The van der Waals surface area contributed by atoms with Crippen molar-refractivity contribution in [3.8, 4) is 11.5 Å². The molecule has 0 N–H and O–H groups in total. The van der Waals surface area contributed by atoms with E-state index in [0.29, 0.717) is 6.67 Å². The molecular weight excluding hydrogens is 296 g/mol. The van der Waals surface area contributed by atoms with Gasteiger partial charge in [-0.2, -0.15) is 0 Å². The number of hydrogen-bond donors (Lipinski definition) is 0. The van der Waals surface area contributed by atoms with E-state index in [1.165, 1.54) is 16.8 Å². The predicted octanol–water partition coefficient (Wildman–Crippen LogP) is 4.88. The van der Waals surface area contributed by atoms with Crippen LogP contribution in [-0.2, 0) is 6.54 Å². The molecule has 0 radical (unpaired) electrons. The molecule has 3 aromatic rings. The van der Waals surface area contributed by atoms with E-state index >= 15 is 0 Å². The third-order valence-electron chi connectivity index (χ3n) is 4.01. The Labute approximate surface area is 141 Å². The quantitative estimate of drug-likeness (QED) is 0.686. The van der Waals surface area contributed by atoms with E-state index in [0.717, 1.165) is 18.0 Å². The van der Waals surface area contributed by atoms with Crippen LogP contribution < -0.4 is 9.64 Å². The lowest BCUT2D eigenvalue weighted by Crippen LogP contribution is -2.26. The molecule has 1 aliphatic heterocycles. The Bertz CT molecular complexity index is 858. The third-order valence-corrected chi connectivity index (χ3v) is 4.01. The fraction of sp³-hybridized carbons (Fsp3) is 0.0952. The minimum atomic E-state index is 0.681. The standard InChI is InChI=1S/C21H18N2O/c1-2-9-19(10-3-1)24-20-11-6-7-17(13-20)15-23-16-22-14-18-8-4-5-12-21(18)23/h1-14H,15-16H2. The Morgan fingerprint density at radius 2 is 1.62 bits per heavy atom. The molecule has 3 heteroatoms. The average Bonchev–Trinajstić information content (AvgIpc) is 2.63. The van der Waals surface area contributed by atoms with Gasteiger partial charge in [0.1, 0.15) is 18.2 Å². The molecule has 3 aromatic carbocycles. The lowest BCUT2D eigenvalue weighted by Gasteiger charge is -2.27. The zero-order valence-corrected chi connectivity index (χ0v) is 13.3. The smallest absolute Gasteiger partial charge is 0.127 e. The lowest BCUT2D eigenvalue weighted by molar-refractivity contribution is 0.482. The number of aliphatic imine (C=N–C) groups is 1. The summed E-state index contributed by atoms with van der Waals surface area (Å²) in [4.78, 5) is 6.73. The summed E-state index contributed by atoms with van der Waals surface area (Å²) in [7, 11) is 0. The van der Waals surface area contributed by atoms with Crippen LogP contribution in [0.5, 0.6) is 11.5 Å². The maximum atomic E-state index is 5.93. The second kappa shape index (κ2) is 6.59. The summed E-state index contributed by atoms with van der Waals surface area (Å²) in [5, 5.41) is 0. The van der Waals surface area contributed by atoms with Crippen molar-refractivity contribution in [1.29, 1.82) is 0 Å². The van der Waals surface area contributed by atoms with Crippen molar-refractivity contribution in [3.63, 3.8) is 0 Å². The highest BCUT2D eigenvalue weighted by Crippen LogP contribution is 2.26. The second-order valence-electron chi connectivity index (χ2n) is 5.77. The van der Waals surface area contributed by atoms with E-state index in [1.54, 1.807) is 0 Å². The van der Waals surface area contributed by atoms with Crippen LogP contribution in [0.15, 0.2) is 83.9 Å². The molecule has 118 valence electrons. The van der Waals surface area contributed by atoms with Gasteiger partial charge in [0.05, 0.1) is 0 Å². The third kappa shape index (κ3) is 3.15. The van der Waals surface area contributed by atoms with E-state index in [4.69, 9.17) is 4.74 Å². The Balaban J connectivity index is 1.53. The Morgan fingerprint density at radius 3 is 2.54 bits per heavy atom. The number of rotatable bonds is 4. The predicted molar refractivity (Wildman–Crippen MR) is 98.0 cm³/mol. The molecule has 0 atom stereocenters. The van der Waals surface area contributed by atoms with Crippen LogP contribution in [0.4, 0.5) is 5.69 Å². The Kier molecular flexibility index (Phi) is 3.98. The van der Waals surface area contributed by atoms with E-state index in [-0.39, 0.29) is 0 Å². The minimum absolute atomic E-state index is 0.681. The molecule has 0 saturated heterocycles. The van der Waals surface area contributed by atoms with E-state index in [2.05, 4.69) is 40.2 Å². The number of nitrogens with zero attached hydrogens (tertiary/aromatic N) is 2. The van der Waals surface area contributed by atoms with Gasteiger partial charge in [-0.05, 0) is 35.9 Å². The summed E-state index contributed by atoms with van der Waals surface area (Å²) < 4.78 is 5.93. The fourth-order valence-corrected chi connectivity index (χ4v) is 2.89. The van der Waals surface area contributed by atoms with Crippen LogP contribution in [0.2, 0.25) is 0 Å². The molecule has 0 unspecified atom stereocenters. The summed E-state index contributed by atoms with van der Waals surface area (Å²) >= 11 is 0. The van der Waals surface area contributed by atoms with E-state index in [1.807, 2.05) is 54.7 Å². The number of anilines is 1. The molecule has 1 aliphatic rings. The Hall–Kier alpha value is -3.07. The highest BCUT2D eigenvalue weighted by atomic mass is 16.5. The minimum Gasteiger partial charge on any atom is -0.457 e. The highest BCUT2D eigenvalue weighted by molar-refractivity contribution is 5.89. The summed E-state index contributed by atoms with van der Waals surface area (Å²) in [6.07, 6.45) is 1.95. The molecule has 4 rings (SSSR count). The first-order chi connectivity index (χ1) is 11.9. The molecule has 24 heavy (non-hydrogen) atoms. The number of para-hydroxylation sites is 2. The Morgan fingerprint density at radius 1 is 0.833 bits per heavy atom. The summed E-state index contributed by atoms with van der Waals surface area (Å²) in [6, 6.07) is 26.4.